The molecule has 0 aliphatic carbocycles. The first kappa shape index (κ1) is 15.9. The zero-order valence-electron chi connectivity index (χ0n) is 11.7. The summed E-state index contributed by atoms with van der Waals surface area (Å²) in [6.07, 6.45) is 1.90. The van der Waals surface area contributed by atoms with E-state index in [2.05, 4.69) is 5.32 Å². The van der Waals surface area contributed by atoms with Gasteiger partial charge in [-0.05, 0) is 39.2 Å². The van der Waals surface area contributed by atoms with Gasteiger partial charge in [0.15, 0.2) is 0 Å². The van der Waals surface area contributed by atoms with Crippen LogP contribution < -0.4 is 5.32 Å². The van der Waals surface area contributed by atoms with Crippen LogP contribution in [0.5, 0.6) is 0 Å². The van der Waals surface area contributed by atoms with Crippen LogP contribution in [-0.4, -0.2) is 57.9 Å². The summed E-state index contributed by atoms with van der Waals surface area (Å²) in [5, 5.41) is 3.03. The first-order valence-electron chi connectivity index (χ1n) is 6.67. The lowest BCUT2D eigenvalue weighted by Gasteiger charge is -2.32. The molecule has 0 atom stereocenters. The lowest BCUT2D eigenvalue weighted by molar-refractivity contribution is 0.194. The Morgan fingerprint density at radius 3 is 2.44 bits per heavy atom. The molecule has 0 aromatic heterocycles. The summed E-state index contributed by atoms with van der Waals surface area (Å²) >= 11 is 0. The highest BCUT2D eigenvalue weighted by molar-refractivity contribution is 7.89. The van der Waals surface area contributed by atoms with E-state index in [1.165, 1.54) is 0 Å². The average Bonchev–Trinajstić information content (AvgIpc) is 2.35. The van der Waals surface area contributed by atoms with Crippen LogP contribution >= 0.6 is 0 Å². The van der Waals surface area contributed by atoms with Gasteiger partial charge >= 0.3 is 0 Å². The molecule has 0 saturated carbocycles. The smallest absolute Gasteiger partial charge is 0.216 e. The van der Waals surface area contributed by atoms with Gasteiger partial charge < -0.3 is 10.1 Å². The summed E-state index contributed by atoms with van der Waals surface area (Å²) in [6.45, 7) is 7.36. The summed E-state index contributed by atoms with van der Waals surface area (Å²) < 4.78 is 30.6. The van der Waals surface area contributed by atoms with Gasteiger partial charge in [-0.3, -0.25) is 0 Å². The standard InChI is InChI=1S/C12H26N2O3S/c1-11(2)18(15,16)14-7-4-12(5-8-14)10-13-6-9-17-3/h11-13H,4-10H2,1-3H3. The van der Waals surface area contributed by atoms with E-state index in [0.717, 1.165) is 32.5 Å². The fourth-order valence-corrected chi connectivity index (χ4v) is 3.46. The quantitative estimate of drug-likeness (QED) is 0.696. The van der Waals surface area contributed by atoms with Crippen molar-refractivity contribution >= 4 is 10.0 Å². The Balaban J connectivity index is 2.29. The summed E-state index contributed by atoms with van der Waals surface area (Å²) in [5.41, 5.74) is 0. The van der Waals surface area contributed by atoms with Crippen LogP contribution in [0.4, 0.5) is 0 Å². The number of piperidine rings is 1. The molecule has 5 nitrogen and oxygen atoms in total. The van der Waals surface area contributed by atoms with E-state index in [0.29, 0.717) is 19.0 Å². The van der Waals surface area contributed by atoms with Crippen molar-refractivity contribution in [2.75, 3.05) is 39.9 Å². The third-order valence-corrected chi connectivity index (χ3v) is 5.72. The molecule has 0 spiro atoms. The van der Waals surface area contributed by atoms with Crippen LogP contribution in [0.25, 0.3) is 0 Å². The lowest BCUT2D eigenvalue weighted by atomic mass is 9.98. The van der Waals surface area contributed by atoms with Crippen molar-refractivity contribution in [3.63, 3.8) is 0 Å². The summed E-state index contributed by atoms with van der Waals surface area (Å²) in [6, 6.07) is 0. The van der Waals surface area contributed by atoms with Crippen LogP contribution in [-0.2, 0) is 14.8 Å². The molecule has 0 unspecified atom stereocenters. The predicted molar refractivity (Wildman–Crippen MR) is 73.1 cm³/mol. The molecule has 108 valence electrons. The van der Waals surface area contributed by atoms with Gasteiger partial charge in [-0.1, -0.05) is 0 Å². The second kappa shape index (κ2) is 7.43. The largest absolute Gasteiger partial charge is 0.383 e. The number of nitrogens with one attached hydrogen (secondary N) is 1. The Bertz CT molecular complexity index is 322. The van der Waals surface area contributed by atoms with Crippen molar-refractivity contribution < 1.29 is 13.2 Å². The van der Waals surface area contributed by atoms with Gasteiger partial charge in [0.1, 0.15) is 0 Å². The van der Waals surface area contributed by atoms with E-state index < -0.39 is 10.0 Å². The molecule has 0 bridgehead atoms. The fourth-order valence-electron chi connectivity index (χ4n) is 2.15. The van der Waals surface area contributed by atoms with Gasteiger partial charge in [-0.25, -0.2) is 12.7 Å². The second-order valence-corrected chi connectivity index (χ2v) is 7.62. The highest BCUT2D eigenvalue weighted by Crippen LogP contribution is 2.20. The Kier molecular flexibility index (Phi) is 6.55. The molecular weight excluding hydrogens is 252 g/mol. The maximum atomic E-state index is 12.0. The Morgan fingerprint density at radius 2 is 1.94 bits per heavy atom. The minimum atomic E-state index is -3.06. The van der Waals surface area contributed by atoms with Crippen molar-refractivity contribution in [1.29, 1.82) is 0 Å². The summed E-state index contributed by atoms with van der Waals surface area (Å²) in [7, 11) is -1.37. The predicted octanol–water partition coefficient (Wildman–Crippen LogP) is 0.673. The summed E-state index contributed by atoms with van der Waals surface area (Å²) in [5.74, 6) is 0.584. The van der Waals surface area contributed by atoms with Crippen LogP contribution in [0.3, 0.4) is 0 Å². The van der Waals surface area contributed by atoms with Crippen molar-refractivity contribution in [2.24, 2.45) is 5.92 Å². The molecule has 0 amide bonds. The number of methoxy groups -OCH3 is 1. The highest BCUT2D eigenvalue weighted by Gasteiger charge is 2.29. The fraction of sp³-hybridized carbons (Fsp3) is 1.00. The average molecular weight is 278 g/mol. The van der Waals surface area contributed by atoms with Crippen LogP contribution in [0.15, 0.2) is 0 Å². The number of sulfonamides is 1. The van der Waals surface area contributed by atoms with Gasteiger partial charge in [-0.2, -0.15) is 0 Å². The minimum Gasteiger partial charge on any atom is -0.383 e. The molecule has 0 radical (unpaired) electrons. The van der Waals surface area contributed by atoms with Gasteiger partial charge in [0.2, 0.25) is 10.0 Å². The maximum absolute atomic E-state index is 12.0. The monoisotopic (exact) mass is 278 g/mol. The molecule has 1 aliphatic heterocycles. The Hall–Kier alpha value is -0.170. The number of nitrogens with zero attached hydrogens (tertiary/aromatic N) is 1. The normalized spacial score (nSPS) is 19.6. The van der Waals surface area contributed by atoms with Crippen molar-refractivity contribution in [2.45, 2.75) is 31.9 Å². The molecule has 1 N–H and O–H groups in total. The van der Waals surface area contributed by atoms with E-state index >= 15 is 0 Å². The number of rotatable bonds is 7. The molecule has 1 heterocycles. The Morgan fingerprint density at radius 1 is 1.33 bits per heavy atom. The van der Waals surface area contributed by atoms with E-state index in [1.807, 2.05) is 0 Å². The topological polar surface area (TPSA) is 58.6 Å². The van der Waals surface area contributed by atoms with E-state index in [4.69, 9.17) is 4.74 Å². The van der Waals surface area contributed by atoms with Crippen molar-refractivity contribution in [3.05, 3.63) is 0 Å². The highest BCUT2D eigenvalue weighted by atomic mass is 32.2. The molecule has 1 rings (SSSR count). The van der Waals surface area contributed by atoms with Gasteiger partial charge in [0.25, 0.3) is 0 Å². The molecule has 1 fully saturated rings. The number of hydrogen-bond donors (Lipinski definition) is 1. The first-order chi connectivity index (χ1) is 8.48. The number of ether oxygens (including phenoxy) is 1. The summed E-state index contributed by atoms with van der Waals surface area (Å²) in [4.78, 5) is 0. The zero-order valence-corrected chi connectivity index (χ0v) is 12.5. The third-order valence-electron chi connectivity index (χ3n) is 3.45. The van der Waals surface area contributed by atoms with Crippen molar-refractivity contribution in [3.8, 4) is 0 Å². The minimum absolute atomic E-state index is 0.311. The molecule has 18 heavy (non-hydrogen) atoms. The Labute approximate surface area is 111 Å². The third kappa shape index (κ3) is 4.50. The van der Waals surface area contributed by atoms with Gasteiger partial charge in [-0.15, -0.1) is 0 Å². The molecule has 0 aromatic rings. The van der Waals surface area contributed by atoms with Gasteiger partial charge in [0.05, 0.1) is 11.9 Å². The van der Waals surface area contributed by atoms with Crippen LogP contribution in [0.2, 0.25) is 0 Å². The van der Waals surface area contributed by atoms with E-state index in [9.17, 15) is 8.42 Å². The van der Waals surface area contributed by atoms with Crippen LogP contribution in [0, 0.1) is 5.92 Å². The maximum Gasteiger partial charge on any atom is 0.216 e. The van der Waals surface area contributed by atoms with E-state index in [-0.39, 0.29) is 5.25 Å². The molecule has 1 saturated heterocycles. The zero-order chi connectivity index (χ0) is 13.6. The van der Waals surface area contributed by atoms with Crippen molar-refractivity contribution in [1.82, 2.24) is 9.62 Å². The van der Waals surface area contributed by atoms with Crippen LogP contribution in [0.1, 0.15) is 26.7 Å². The SMILES string of the molecule is COCCNCC1CCN(S(=O)(=O)C(C)C)CC1. The molecule has 0 aromatic carbocycles. The number of hydrogen-bond acceptors (Lipinski definition) is 4. The molecule has 1 aliphatic rings. The molecule has 6 heteroatoms. The second-order valence-electron chi connectivity index (χ2n) is 5.13. The van der Waals surface area contributed by atoms with Gasteiger partial charge in [0, 0.05) is 26.7 Å². The molecular formula is C12H26N2O3S. The van der Waals surface area contributed by atoms with E-state index in [1.54, 1.807) is 25.3 Å². The lowest BCUT2D eigenvalue weighted by Crippen LogP contribution is -2.43. The first-order valence-corrected chi connectivity index (χ1v) is 8.17.